The molecule has 1 aliphatic rings. The van der Waals surface area contributed by atoms with Crippen molar-refractivity contribution in [1.29, 1.82) is 0 Å². The lowest BCUT2D eigenvalue weighted by atomic mass is 9.97. The minimum absolute atomic E-state index is 0. The quantitative estimate of drug-likeness (QED) is 0.532. The summed E-state index contributed by atoms with van der Waals surface area (Å²) in [7, 11) is 1.53. The predicted octanol–water partition coefficient (Wildman–Crippen LogP) is 3.33. The second-order valence-electron chi connectivity index (χ2n) is 7.66. The van der Waals surface area contributed by atoms with Gasteiger partial charge < -0.3 is 21.1 Å². The van der Waals surface area contributed by atoms with Crippen molar-refractivity contribution in [3.63, 3.8) is 0 Å². The molecular weight excluding hydrogens is 467 g/mol. The number of nitrogens with two attached hydrogens (primary N) is 1. The molecule has 0 aromatic heterocycles. The summed E-state index contributed by atoms with van der Waals surface area (Å²) in [5, 5.41) is 6.09. The number of methoxy groups -OCH3 is 1. The summed E-state index contributed by atoms with van der Waals surface area (Å²) in [6.07, 6.45) is 0.870. The van der Waals surface area contributed by atoms with E-state index in [9.17, 15) is 14.4 Å². The molecule has 0 saturated carbocycles. The van der Waals surface area contributed by atoms with Gasteiger partial charge in [-0.05, 0) is 54.3 Å². The number of hydrogen-bond acceptors (Lipinski definition) is 5. The van der Waals surface area contributed by atoms with Crippen LogP contribution in [0.15, 0.2) is 42.5 Å². The van der Waals surface area contributed by atoms with Gasteiger partial charge in [-0.2, -0.15) is 0 Å². The first-order valence-corrected chi connectivity index (χ1v) is 10.8. The van der Waals surface area contributed by atoms with Gasteiger partial charge in [-0.25, -0.2) is 4.79 Å². The lowest BCUT2D eigenvalue weighted by Crippen LogP contribution is -2.48. The number of rotatable bonds is 6. The maximum atomic E-state index is 13.3. The van der Waals surface area contributed by atoms with Crippen LogP contribution in [0.4, 0.5) is 10.5 Å². The number of benzene rings is 2. The number of halogens is 2. The van der Waals surface area contributed by atoms with E-state index in [0.29, 0.717) is 22.9 Å². The first-order chi connectivity index (χ1) is 15.3. The van der Waals surface area contributed by atoms with Crippen LogP contribution in [-0.4, -0.2) is 42.9 Å². The Morgan fingerprint density at radius 1 is 1.27 bits per heavy atom. The van der Waals surface area contributed by atoms with Gasteiger partial charge in [0.1, 0.15) is 12.3 Å². The third-order valence-electron chi connectivity index (χ3n) is 5.46. The van der Waals surface area contributed by atoms with Gasteiger partial charge in [0.15, 0.2) is 0 Å². The lowest BCUT2D eigenvalue weighted by Gasteiger charge is -2.25. The average Bonchev–Trinajstić information content (AvgIpc) is 2.92. The predicted molar refractivity (Wildman–Crippen MR) is 130 cm³/mol. The second-order valence-corrected chi connectivity index (χ2v) is 8.10. The van der Waals surface area contributed by atoms with Crippen LogP contribution in [0.1, 0.15) is 30.5 Å². The lowest BCUT2D eigenvalue weighted by molar-refractivity contribution is -0.133. The molecule has 0 aliphatic carbocycles. The Bertz CT molecular complexity index is 1000. The Hall–Kier alpha value is -2.97. The molecule has 1 heterocycles. The van der Waals surface area contributed by atoms with Crippen LogP contribution >= 0.6 is 24.0 Å². The monoisotopic (exact) mass is 494 g/mol. The van der Waals surface area contributed by atoms with Crippen molar-refractivity contribution in [2.45, 2.75) is 25.8 Å². The highest BCUT2D eigenvalue weighted by Gasteiger charge is 2.35. The molecule has 0 spiro atoms. The highest BCUT2D eigenvalue weighted by Crippen LogP contribution is 2.26. The molecule has 2 aromatic carbocycles. The van der Waals surface area contributed by atoms with Crippen LogP contribution in [0.3, 0.4) is 0 Å². The number of imide groups is 1. The number of hydrogen-bond donors (Lipinski definition) is 3. The third kappa shape index (κ3) is 6.52. The Labute approximate surface area is 204 Å². The van der Waals surface area contributed by atoms with E-state index in [1.165, 1.54) is 7.11 Å². The van der Waals surface area contributed by atoms with E-state index in [2.05, 4.69) is 10.6 Å². The molecule has 1 fully saturated rings. The summed E-state index contributed by atoms with van der Waals surface area (Å²) in [6, 6.07) is 11.4. The summed E-state index contributed by atoms with van der Waals surface area (Å²) in [6.45, 7) is 1.70. The molecule has 0 radical (unpaired) electrons. The molecule has 2 unspecified atom stereocenters. The maximum Gasteiger partial charge on any atom is 0.325 e. The van der Waals surface area contributed by atoms with Gasteiger partial charge in [-0.1, -0.05) is 30.7 Å². The molecule has 0 bridgehead atoms. The van der Waals surface area contributed by atoms with E-state index in [1.54, 1.807) is 30.3 Å². The highest BCUT2D eigenvalue weighted by atomic mass is 35.5. The number of carbonyl (C=O) groups is 3. The van der Waals surface area contributed by atoms with Crippen molar-refractivity contribution >= 4 is 47.5 Å². The Balaban J connectivity index is 0.00000385. The molecule has 2 atom stereocenters. The van der Waals surface area contributed by atoms with Crippen molar-refractivity contribution in [2.75, 3.05) is 25.9 Å². The summed E-state index contributed by atoms with van der Waals surface area (Å²) in [5.41, 5.74) is 7.95. The largest absolute Gasteiger partial charge is 0.496 e. The zero-order valence-corrected chi connectivity index (χ0v) is 20.0. The number of carbonyl (C=O) groups excluding carboxylic acids is 3. The van der Waals surface area contributed by atoms with E-state index in [4.69, 9.17) is 22.1 Å². The minimum atomic E-state index is -0.642. The topological polar surface area (TPSA) is 114 Å². The molecule has 1 saturated heterocycles. The third-order valence-corrected chi connectivity index (χ3v) is 5.70. The van der Waals surface area contributed by atoms with E-state index < -0.39 is 23.8 Å². The maximum absolute atomic E-state index is 13.3. The molecule has 178 valence electrons. The first kappa shape index (κ1) is 26.3. The van der Waals surface area contributed by atoms with Crippen LogP contribution < -0.4 is 21.1 Å². The number of amides is 4. The highest BCUT2D eigenvalue weighted by molar-refractivity contribution is 6.30. The molecule has 8 nitrogen and oxygen atoms in total. The molecule has 4 N–H and O–H groups in total. The van der Waals surface area contributed by atoms with E-state index in [1.807, 2.05) is 19.1 Å². The van der Waals surface area contributed by atoms with Crippen LogP contribution in [0.5, 0.6) is 5.75 Å². The van der Waals surface area contributed by atoms with Crippen molar-refractivity contribution in [3.05, 3.63) is 58.6 Å². The van der Waals surface area contributed by atoms with Crippen LogP contribution in [-0.2, 0) is 16.0 Å². The van der Waals surface area contributed by atoms with E-state index in [0.717, 1.165) is 16.0 Å². The molecule has 4 amide bonds. The molecule has 33 heavy (non-hydrogen) atoms. The van der Waals surface area contributed by atoms with Gasteiger partial charge in [0.25, 0.3) is 0 Å². The van der Waals surface area contributed by atoms with Gasteiger partial charge in [-0.3, -0.25) is 14.5 Å². The van der Waals surface area contributed by atoms with Gasteiger partial charge in [-0.15, -0.1) is 12.4 Å². The van der Waals surface area contributed by atoms with Crippen molar-refractivity contribution < 1.29 is 19.1 Å². The Kier molecular flexibility index (Phi) is 9.37. The fraction of sp³-hybridized carbons (Fsp3) is 0.348. The standard InChI is InChI=1S/C23H27ClN4O4.ClH/c1-3-19(14-4-7-18(25)8-5-14)27-23(31)28-13-21(29)26-12-16(22(28)30)10-15-11-17(24)6-9-20(15)32-2;/h4-9,11,16,19H,3,10,12-13,25H2,1-2H3,(H,26,29)(H,27,31);1H. The van der Waals surface area contributed by atoms with Gasteiger partial charge in [0.2, 0.25) is 11.8 Å². The molecule has 1 aliphatic heterocycles. The smallest absolute Gasteiger partial charge is 0.325 e. The Morgan fingerprint density at radius 3 is 2.61 bits per heavy atom. The first-order valence-electron chi connectivity index (χ1n) is 10.4. The molecule has 10 heteroatoms. The van der Waals surface area contributed by atoms with Crippen LogP contribution in [0.25, 0.3) is 0 Å². The summed E-state index contributed by atoms with van der Waals surface area (Å²) in [5.74, 6) is -0.885. The zero-order valence-electron chi connectivity index (χ0n) is 18.5. The molecular formula is C23H28Cl2N4O4. The number of nitrogens with zero attached hydrogens (tertiary/aromatic N) is 1. The van der Waals surface area contributed by atoms with E-state index in [-0.39, 0.29) is 38.0 Å². The van der Waals surface area contributed by atoms with Gasteiger partial charge in [0, 0.05) is 17.3 Å². The number of anilines is 1. The van der Waals surface area contributed by atoms with Crippen molar-refractivity contribution in [3.8, 4) is 5.75 Å². The van der Waals surface area contributed by atoms with Gasteiger partial charge >= 0.3 is 6.03 Å². The number of urea groups is 1. The number of ether oxygens (including phenoxy) is 1. The second kappa shape index (κ2) is 11.8. The van der Waals surface area contributed by atoms with Crippen molar-refractivity contribution in [2.24, 2.45) is 5.92 Å². The fourth-order valence-electron chi connectivity index (χ4n) is 3.70. The SMILES string of the molecule is CCC(NC(=O)N1CC(=O)NCC(Cc2cc(Cl)ccc2OC)C1=O)c1ccc(N)cc1.Cl. The molecule has 3 rings (SSSR count). The van der Waals surface area contributed by atoms with Crippen molar-refractivity contribution in [1.82, 2.24) is 15.5 Å². The van der Waals surface area contributed by atoms with Crippen LogP contribution in [0.2, 0.25) is 5.02 Å². The summed E-state index contributed by atoms with van der Waals surface area (Å²) >= 11 is 6.11. The number of nitrogens with one attached hydrogen (secondary N) is 2. The zero-order chi connectivity index (χ0) is 23.3. The summed E-state index contributed by atoms with van der Waals surface area (Å²) in [4.78, 5) is 39.5. The Morgan fingerprint density at radius 2 is 1.97 bits per heavy atom. The van der Waals surface area contributed by atoms with E-state index >= 15 is 0 Å². The minimum Gasteiger partial charge on any atom is -0.496 e. The van der Waals surface area contributed by atoms with Gasteiger partial charge in [0.05, 0.1) is 19.1 Å². The molecule has 2 aromatic rings. The average molecular weight is 495 g/mol. The summed E-state index contributed by atoms with van der Waals surface area (Å²) < 4.78 is 5.37. The number of nitrogen functional groups attached to an aromatic ring is 1. The fourth-order valence-corrected chi connectivity index (χ4v) is 3.90. The van der Waals surface area contributed by atoms with Crippen LogP contribution in [0, 0.1) is 5.92 Å². The normalized spacial score (nSPS) is 16.8.